The van der Waals surface area contributed by atoms with Crippen LogP contribution in [0.3, 0.4) is 0 Å². The van der Waals surface area contributed by atoms with E-state index in [9.17, 15) is 4.79 Å². The standard InChI is InChI=1S/C10H14N2.C5H11NO/c1-12-7-3-5-10(12)9-4-2-6-11-8-9;1-2-3-4-5(6)7/h2,4,6,8,10H,3,5,7H2,1H3;2-4H2,1H3,(H2,6,7). The fourth-order valence-electron chi connectivity index (χ4n) is 2.26. The number of nitrogens with zero attached hydrogens (tertiary/aromatic N) is 2. The molecule has 0 spiro atoms. The lowest BCUT2D eigenvalue weighted by Gasteiger charge is -2.18. The third kappa shape index (κ3) is 5.83. The van der Waals surface area contributed by atoms with Crippen molar-refractivity contribution in [1.29, 1.82) is 0 Å². The summed E-state index contributed by atoms with van der Waals surface area (Å²) in [4.78, 5) is 16.5. The number of carbonyl (C=O) groups is 1. The second-order valence-electron chi connectivity index (χ2n) is 4.99. The van der Waals surface area contributed by atoms with Crippen LogP contribution in [0.1, 0.15) is 50.6 Å². The minimum atomic E-state index is -0.193. The van der Waals surface area contributed by atoms with Crippen LogP contribution in [0.5, 0.6) is 0 Å². The lowest BCUT2D eigenvalue weighted by molar-refractivity contribution is -0.118. The fraction of sp³-hybridized carbons (Fsp3) is 0.600. The van der Waals surface area contributed by atoms with Crippen molar-refractivity contribution in [1.82, 2.24) is 9.88 Å². The van der Waals surface area contributed by atoms with E-state index in [4.69, 9.17) is 5.73 Å². The van der Waals surface area contributed by atoms with E-state index in [-0.39, 0.29) is 5.91 Å². The van der Waals surface area contributed by atoms with Gasteiger partial charge in [0.05, 0.1) is 0 Å². The molecule has 1 aliphatic rings. The molecule has 4 heteroatoms. The molecule has 1 atom stereocenters. The maximum Gasteiger partial charge on any atom is 0.217 e. The van der Waals surface area contributed by atoms with E-state index in [1.807, 2.05) is 25.4 Å². The zero-order chi connectivity index (χ0) is 14.1. The lowest BCUT2D eigenvalue weighted by Crippen LogP contribution is -2.17. The third-order valence-corrected chi connectivity index (χ3v) is 3.37. The van der Waals surface area contributed by atoms with Crippen molar-refractivity contribution < 1.29 is 4.79 Å². The Labute approximate surface area is 116 Å². The van der Waals surface area contributed by atoms with Gasteiger partial charge in [-0.3, -0.25) is 14.7 Å². The van der Waals surface area contributed by atoms with Gasteiger partial charge >= 0.3 is 0 Å². The smallest absolute Gasteiger partial charge is 0.217 e. The highest BCUT2D eigenvalue weighted by atomic mass is 16.1. The number of unbranched alkanes of at least 4 members (excludes halogenated alkanes) is 1. The first-order valence-corrected chi connectivity index (χ1v) is 7.03. The summed E-state index contributed by atoms with van der Waals surface area (Å²) in [5.74, 6) is -0.193. The summed E-state index contributed by atoms with van der Waals surface area (Å²) in [6.45, 7) is 3.25. The van der Waals surface area contributed by atoms with Crippen molar-refractivity contribution in [3.8, 4) is 0 Å². The van der Waals surface area contributed by atoms with Gasteiger partial charge in [-0.25, -0.2) is 0 Å². The first-order chi connectivity index (χ1) is 9.15. The monoisotopic (exact) mass is 263 g/mol. The number of primary amides is 1. The Hall–Kier alpha value is -1.42. The molecule has 1 aromatic rings. The maximum atomic E-state index is 9.98. The average Bonchev–Trinajstić information content (AvgIpc) is 2.84. The van der Waals surface area contributed by atoms with Gasteiger partial charge in [0.15, 0.2) is 0 Å². The van der Waals surface area contributed by atoms with E-state index in [2.05, 4.69) is 23.0 Å². The second-order valence-corrected chi connectivity index (χ2v) is 4.99. The minimum Gasteiger partial charge on any atom is -0.370 e. The molecule has 0 aromatic carbocycles. The van der Waals surface area contributed by atoms with Gasteiger partial charge in [-0.2, -0.15) is 0 Å². The molecule has 1 aromatic heterocycles. The summed E-state index contributed by atoms with van der Waals surface area (Å²) in [7, 11) is 2.19. The quantitative estimate of drug-likeness (QED) is 0.908. The Balaban J connectivity index is 0.000000224. The molecule has 0 bridgehead atoms. The predicted octanol–water partition coefficient (Wildman–Crippen LogP) is 2.51. The number of pyridine rings is 1. The topological polar surface area (TPSA) is 59.2 Å². The summed E-state index contributed by atoms with van der Waals surface area (Å²) >= 11 is 0. The molecular formula is C15H25N3O. The normalized spacial score (nSPS) is 18.7. The van der Waals surface area contributed by atoms with Crippen molar-refractivity contribution in [2.75, 3.05) is 13.6 Å². The largest absolute Gasteiger partial charge is 0.370 e. The molecule has 4 nitrogen and oxygen atoms in total. The second kappa shape index (κ2) is 8.64. The SMILES string of the molecule is CCCCC(N)=O.CN1CCCC1c1cccnc1. The van der Waals surface area contributed by atoms with Crippen LogP contribution in [0.2, 0.25) is 0 Å². The molecule has 0 saturated carbocycles. The minimum absolute atomic E-state index is 0.193. The number of nitrogens with two attached hydrogens (primary N) is 1. The number of rotatable bonds is 4. The summed E-state index contributed by atoms with van der Waals surface area (Å²) in [6.07, 6.45) is 8.91. The average molecular weight is 263 g/mol. The van der Waals surface area contributed by atoms with Crippen molar-refractivity contribution in [2.45, 2.75) is 45.1 Å². The van der Waals surface area contributed by atoms with Gasteiger partial charge in [0.25, 0.3) is 0 Å². The van der Waals surface area contributed by atoms with Crippen molar-refractivity contribution in [3.05, 3.63) is 30.1 Å². The van der Waals surface area contributed by atoms with Gasteiger partial charge in [0, 0.05) is 24.9 Å². The Kier molecular flexibility index (Phi) is 7.11. The lowest BCUT2D eigenvalue weighted by atomic mass is 10.1. The summed E-state index contributed by atoms with van der Waals surface area (Å²) in [6, 6.07) is 4.79. The Bertz CT molecular complexity index is 367. The van der Waals surface area contributed by atoms with Gasteiger partial charge < -0.3 is 5.73 Å². The maximum absolute atomic E-state index is 9.98. The molecule has 1 amide bonds. The molecule has 2 rings (SSSR count). The van der Waals surface area contributed by atoms with Crippen LogP contribution in [0, 0.1) is 0 Å². The highest BCUT2D eigenvalue weighted by Crippen LogP contribution is 2.29. The first kappa shape index (κ1) is 15.6. The third-order valence-electron chi connectivity index (χ3n) is 3.37. The molecule has 2 N–H and O–H groups in total. The zero-order valence-corrected chi connectivity index (χ0v) is 12.0. The summed E-state index contributed by atoms with van der Waals surface area (Å²) in [5.41, 5.74) is 6.20. The van der Waals surface area contributed by atoms with Crippen LogP contribution in [0.25, 0.3) is 0 Å². The Morgan fingerprint density at radius 1 is 1.58 bits per heavy atom. The van der Waals surface area contributed by atoms with Crippen LogP contribution < -0.4 is 5.73 Å². The number of amides is 1. The zero-order valence-electron chi connectivity index (χ0n) is 12.0. The molecule has 1 unspecified atom stereocenters. The number of hydrogen-bond acceptors (Lipinski definition) is 3. The molecule has 1 fully saturated rings. The van der Waals surface area contributed by atoms with Crippen LogP contribution in [0.15, 0.2) is 24.5 Å². The molecule has 1 aliphatic heterocycles. The van der Waals surface area contributed by atoms with Crippen LogP contribution in [0.4, 0.5) is 0 Å². The van der Waals surface area contributed by atoms with Crippen LogP contribution in [-0.4, -0.2) is 29.4 Å². The predicted molar refractivity (Wildman–Crippen MR) is 77.6 cm³/mol. The van der Waals surface area contributed by atoms with Gasteiger partial charge in [-0.05, 0) is 44.5 Å². The van der Waals surface area contributed by atoms with Crippen molar-refractivity contribution >= 4 is 5.91 Å². The van der Waals surface area contributed by atoms with Crippen LogP contribution in [-0.2, 0) is 4.79 Å². The van der Waals surface area contributed by atoms with Gasteiger partial charge in [-0.1, -0.05) is 19.4 Å². The number of carbonyl (C=O) groups excluding carboxylic acids is 1. The molecule has 0 radical (unpaired) electrons. The first-order valence-electron chi connectivity index (χ1n) is 7.03. The fourth-order valence-corrected chi connectivity index (χ4v) is 2.26. The van der Waals surface area contributed by atoms with E-state index in [1.165, 1.54) is 24.9 Å². The van der Waals surface area contributed by atoms with Gasteiger partial charge in [0.1, 0.15) is 0 Å². The van der Waals surface area contributed by atoms with Gasteiger partial charge in [0.2, 0.25) is 5.91 Å². The van der Waals surface area contributed by atoms with E-state index in [0.717, 1.165) is 12.8 Å². The molecule has 19 heavy (non-hydrogen) atoms. The number of aromatic nitrogens is 1. The molecule has 2 heterocycles. The molecule has 0 aliphatic carbocycles. The molecule has 106 valence electrons. The van der Waals surface area contributed by atoms with Crippen LogP contribution >= 0.6 is 0 Å². The Morgan fingerprint density at radius 3 is 2.79 bits per heavy atom. The summed E-state index contributed by atoms with van der Waals surface area (Å²) in [5, 5.41) is 0. The summed E-state index contributed by atoms with van der Waals surface area (Å²) < 4.78 is 0. The highest BCUT2D eigenvalue weighted by molar-refractivity contribution is 5.73. The molecular weight excluding hydrogens is 238 g/mol. The van der Waals surface area contributed by atoms with E-state index < -0.39 is 0 Å². The highest BCUT2D eigenvalue weighted by Gasteiger charge is 2.21. The van der Waals surface area contributed by atoms with E-state index >= 15 is 0 Å². The van der Waals surface area contributed by atoms with Gasteiger partial charge in [-0.15, -0.1) is 0 Å². The van der Waals surface area contributed by atoms with E-state index in [1.54, 1.807) is 0 Å². The Morgan fingerprint density at radius 2 is 2.37 bits per heavy atom. The van der Waals surface area contributed by atoms with Crippen molar-refractivity contribution in [3.63, 3.8) is 0 Å². The number of hydrogen-bond donors (Lipinski definition) is 1. The molecule has 1 saturated heterocycles. The number of likely N-dealkylation sites (tertiary alicyclic amines) is 1. The van der Waals surface area contributed by atoms with Crippen molar-refractivity contribution in [2.24, 2.45) is 5.73 Å². The van der Waals surface area contributed by atoms with E-state index in [0.29, 0.717) is 12.5 Å².